The third-order valence-electron chi connectivity index (χ3n) is 4.53. The van der Waals surface area contributed by atoms with Crippen LogP contribution >= 0.6 is 0 Å². The summed E-state index contributed by atoms with van der Waals surface area (Å²) in [5, 5.41) is 2.84. The molecule has 1 amide bonds. The summed E-state index contributed by atoms with van der Waals surface area (Å²) in [6.07, 6.45) is 7.35. The van der Waals surface area contributed by atoms with Crippen molar-refractivity contribution in [2.75, 3.05) is 6.61 Å². The minimum atomic E-state index is -0.495. The van der Waals surface area contributed by atoms with Gasteiger partial charge in [-0.1, -0.05) is 13.8 Å². The highest BCUT2D eigenvalue weighted by Gasteiger charge is 2.26. The predicted molar refractivity (Wildman–Crippen MR) is 94.7 cm³/mol. The summed E-state index contributed by atoms with van der Waals surface area (Å²) in [4.78, 5) is 23.5. The first-order valence-corrected chi connectivity index (χ1v) is 8.78. The zero-order valence-electron chi connectivity index (χ0n) is 15.1. The van der Waals surface area contributed by atoms with E-state index in [-0.39, 0.29) is 18.6 Å². The molecule has 1 saturated carbocycles. The zero-order chi connectivity index (χ0) is 17.7. The maximum absolute atomic E-state index is 11.8. The SMILES string of the molecule is CCC(CC)NC(=O)COC(=O)/C=C/c1cc(C)n(C2CC2)c1C. The van der Waals surface area contributed by atoms with E-state index in [1.807, 2.05) is 13.8 Å². The largest absolute Gasteiger partial charge is 0.452 e. The van der Waals surface area contributed by atoms with Gasteiger partial charge in [-0.3, -0.25) is 4.79 Å². The number of hydrogen-bond donors (Lipinski definition) is 1. The molecular formula is C19H28N2O3. The number of aromatic nitrogens is 1. The van der Waals surface area contributed by atoms with Crippen molar-refractivity contribution in [1.29, 1.82) is 0 Å². The molecule has 0 saturated heterocycles. The van der Waals surface area contributed by atoms with Gasteiger partial charge in [-0.25, -0.2) is 4.79 Å². The van der Waals surface area contributed by atoms with E-state index in [4.69, 9.17) is 4.74 Å². The van der Waals surface area contributed by atoms with Crippen LogP contribution in [0.25, 0.3) is 6.08 Å². The van der Waals surface area contributed by atoms with Crippen molar-refractivity contribution in [3.05, 3.63) is 29.1 Å². The van der Waals surface area contributed by atoms with Crippen molar-refractivity contribution in [3.8, 4) is 0 Å². The average Bonchev–Trinajstić information content (AvgIpc) is 3.34. The topological polar surface area (TPSA) is 60.3 Å². The van der Waals surface area contributed by atoms with Crippen LogP contribution in [0, 0.1) is 13.8 Å². The number of ether oxygens (including phenoxy) is 1. The van der Waals surface area contributed by atoms with E-state index in [0.717, 1.165) is 18.4 Å². The van der Waals surface area contributed by atoms with Gasteiger partial charge in [0.05, 0.1) is 0 Å². The minimum Gasteiger partial charge on any atom is -0.452 e. The van der Waals surface area contributed by atoms with Gasteiger partial charge >= 0.3 is 5.97 Å². The molecule has 5 heteroatoms. The molecule has 0 atom stereocenters. The van der Waals surface area contributed by atoms with Gasteiger partial charge in [0.15, 0.2) is 6.61 Å². The smallest absolute Gasteiger partial charge is 0.331 e. The normalized spacial score (nSPS) is 14.4. The molecule has 24 heavy (non-hydrogen) atoms. The standard InChI is InChI=1S/C19H28N2O3/c1-5-16(6-2)20-18(22)12-24-19(23)10-7-15-11-13(3)21(14(15)4)17-8-9-17/h7,10-11,16-17H,5-6,8-9,12H2,1-4H3,(H,20,22)/b10-7+. The highest BCUT2D eigenvalue weighted by Crippen LogP contribution is 2.38. The second-order valence-corrected chi connectivity index (χ2v) is 6.45. The fourth-order valence-corrected chi connectivity index (χ4v) is 2.97. The van der Waals surface area contributed by atoms with E-state index in [1.54, 1.807) is 6.08 Å². The molecule has 1 aliphatic rings. The van der Waals surface area contributed by atoms with Crippen LogP contribution in [0.15, 0.2) is 12.1 Å². The Balaban J connectivity index is 1.85. The molecule has 0 unspecified atom stereocenters. The van der Waals surface area contributed by atoms with Crippen LogP contribution in [-0.4, -0.2) is 29.1 Å². The second kappa shape index (κ2) is 8.18. The molecule has 1 fully saturated rings. The third-order valence-corrected chi connectivity index (χ3v) is 4.53. The third kappa shape index (κ3) is 4.73. The summed E-state index contributed by atoms with van der Waals surface area (Å²) in [6.45, 7) is 7.95. The van der Waals surface area contributed by atoms with Gasteiger partial charge in [0, 0.05) is 29.5 Å². The molecule has 5 nitrogen and oxygen atoms in total. The molecule has 0 spiro atoms. The highest BCUT2D eigenvalue weighted by atomic mass is 16.5. The number of hydrogen-bond acceptors (Lipinski definition) is 3. The van der Waals surface area contributed by atoms with Gasteiger partial charge in [0.2, 0.25) is 0 Å². The summed E-state index contributed by atoms with van der Waals surface area (Å²) in [5.74, 6) is -0.747. The quantitative estimate of drug-likeness (QED) is 0.587. The van der Waals surface area contributed by atoms with Crippen molar-refractivity contribution < 1.29 is 14.3 Å². The lowest BCUT2D eigenvalue weighted by Crippen LogP contribution is -2.36. The Hall–Kier alpha value is -2.04. The Morgan fingerprint density at radius 1 is 1.33 bits per heavy atom. The number of carbonyl (C=O) groups excluding carboxylic acids is 2. The van der Waals surface area contributed by atoms with Crippen LogP contribution in [-0.2, 0) is 14.3 Å². The molecule has 0 aliphatic heterocycles. The molecule has 0 bridgehead atoms. The Kier molecular flexibility index (Phi) is 6.23. The Bertz CT molecular complexity index is 623. The molecule has 1 aliphatic carbocycles. The van der Waals surface area contributed by atoms with Crippen LogP contribution in [0.5, 0.6) is 0 Å². The van der Waals surface area contributed by atoms with Crippen LogP contribution in [0.4, 0.5) is 0 Å². The lowest BCUT2D eigenvalue weighted by Gasteiger charge is -2.14. The van der Waals surface area contributed by atoms with Crippen LogP contribution in [0.2, 0.25) is 0 Å². The maximum Gasteiger partial charge on any atom is 0.331 e. The van der Waals surface area contributed by atoms with E-state index >= 15 is 0 Å². The summed E-state index contributed by atoms with van der Waals surface area (Å²) in [6, 6.07) is 2.84. The van der Waals surface area contributed by atoms with Crippen LogP contribution < -0.4 is 5.32 Å². The molecule has 1 aromatic heterocycles. The number of nitrogens with one attached hydrogen (secondary N) is 1. The summed E-state index contributed by atoms with van der Waals surface area (Å²) in [7, 11) is 0. The zero-order valence-corrected chi connectivity index (χ0v) is 15.1. The first-order chi connectivity index (χ1) is 11.5. The van der Waals surface area contributed by atoms with Crippen molar-refractivity contribution in [3.63, 3.8) is 0 Å². The molecule has 1 N–H and O–H groups in total. The van der Waals surface area contributed by atoms with Gasteiger partial charge in [-0.2, -0.15) is 0 Å². The Labute approximate surface area is 144 Å². The van der Waals surface area contributed by atoms with Crippen molar-refractivity contribution in [2.24, 2.45) is 0 Å². The molecule has 0 radical (unpaired) electrons. The summed E-state index contributed by atoms with van der Waals surface area (Å²) in [5.41, 5.74) is 3.41. The van der Waals surface area contributed by atoms with Gasteiger partial charge in [0.1, 0.15) is 0 Å². The number of amides is 1. The molecule has 0 aromatic carbocycles. The fourth-order valence-electron chi connectivity index (χ4n) is 2.97. The van der Waals surface area contributed by atoms with Gasteiger partial charge in [-0.15, -0.1) is 0 Å². The molecule has 132 valence electrons. The number of aryl methyl sites for hydroxylation is 1. The minimum absolute atomic E-state index is 0.138. The first-order valence-electron chi connectivity index (χ1n) is 8.78. The van der Waals surface area contributed by atoms with E-state index in [1.165, 1.54) is 30.3 Å². The van der Waals surface area contributed by atoms with E-state index < -0.39 is 5.97 Å². The van der Waals surface area contributed by atoms with Gasteiger partial charge in [-0.05, 0) is 57.2 Å². The van der Waals surface area contributed by atoms with Gasteiger partial charge < -0.3 is 14.6 Å². The monoisotopic (exact) mass is 332 g/mol. The van der Waals surface area contributed by atoms with E-state index in [2.05, 4.69) is 29.8 Å². The maximum atomic E-state index is 11.8. The summed E-state index contributed by atoms with van der Waals surface area (Å²) >= 11 is 0. The number of esters is 1. The predicted octanol–water partition coefficient (Wildman–Crippen LogP) is 3.30. The molecule has 1 aromatic rings. The second-order valence-electron chi connectivity index (χ2n) is 6.45. The number of nitrogens with zero attached hydrogens (tertiary/aromatic N) is 1. The van der Waals surface area contributed by atoms with Crippen molar-refractivity contribution >= 4 is 18.0 Å². The fraction of sp³-hybridized carbons (Fsp3) is 0.579. The van der Waals surface area contributed by atoms with Crippen LogP contribution in [0.3, 0.4) is 0 Å². The van der Waals surface area contributed by atoms with Gasteiger partial charge in [0.25, 0.3) is 5.91 Å². The van der Waals surface area contributed by atoms with Crippen molar-refractivity contribution in [1.82, 2.24) is 9.88 Å². The summed E-state index contributed by atoms with van der Waals surface area (Å²) < 4.78 is 7.34. The number of carbonyl (C=O) groups is 2. The Morgan fingerprint density at radius 2 is 2.00 bits per heavy atom. The average molecular weight is 332 g/mol. The number of rotatable bonds is 8. The molecular weight excluding hydrogens is 304 g/mol. The van der Waals surface area contributed by atoms with Crippen molar-refractivity contribution in [2.45, 2.75) is 65.5 Å². The first kappa shape index (κ1) is 18.3. The Morgan fingerprint density at radius 3 is 2.58 bits per heavy atom. The molecule has 2 rings (SSSR count). The lowest BCUT2D eigenvalue weighted by molar-refractivity contribution is -0.144. The van der Waals surface area contributed by atoms with Crippen LogP contribution in [0.1, 0.15) is 62.5 Å². The molecule has 1 heterocycles. The van der Waals surface area contributed by atoms with E-state index in [9.17, 15) is 9.59 Å². The van der Waals surface area contributed by atoms with E-state index in [0.29, 0.717) is 6.04 Å². The lowest BCUT2D eigenvalue weighted by atomic mass is 10.2. The highest BCUT2D eigenvalue weighted by molar-refractivity contribution is 5.89.